The first-order valence-electron chi connectivity index (χ1n) is 12.5. The SMILES string of the molecule is O=C(OCC1CCC(COC(=O)OCC2CCC3CC2O3)CC1)OCC1CCC2OC2C1. The molecule has 0 radical (unpaired) electrons. The summed E-state index contributed by atoms with van der Waals surface area (Å²) in [5, 5.41) is 0. The van der Waals surface area contributed by atoms with Gasteiger partial charge in [-0.1, -0.05) is 0 Å². The Morgan fingerprint density at radius 3 is 1.69 bits per heavy atom. The Morgan fingerprint density at radius 1 is 0.562 bits per heavy atom. The van der Waals surface area contributed by atoms with Crippen LogP contribution in [0.25, 0.3) is 0 Å². The third-order valence-corrected chi connectivity index (χ3v) is 8.05. The fourth-order valence-electron chi connectivity index (χ4n) is 5.78. The molecule has 6 fully saturated rings. The van der Waals surface area contributed by atoms with Crippen LogP contribution in [-0.2, 0) is 28.4 Å². The highest BCUT2D eigenvalue weighted by molar-refractivity contribution is 5.60. The van der Waals surface area contributed by atoms with E-state index in [4.69, 9.17) is 28.4 Å². The summed E-state index contributed by atoms with van der Waals surface area (Å²) in [5.74, 6) is 1.40. The van der Waals surface area contributed by atoms with Crippen molar-refractivity contribution in [2.45, 2.75) is 88.6 Å². The third-order valence-electron chi connectivity index (χ3n) is 8.05. The van der Waals surface area contributed by atoms with Crippen molar-refractivity contribution in [3.8, 4) is 0 Å². The number of ether oxygens (including phenoxy) is 6. The lowest BCUT2D eigenvalue weighted by atomic mass is 9.80. The van der Waals surface area contributed by atoms with Crippen LogP contribution in [0.3, 0.4) is 0 Å². The molecule has 0 aromatic rings. The van der Waals surface area contributed by atoms with E-state index < -0.39 is 12.3 Å². The molecule has 3 saturated carbocycles. The van der Waals surface area contributed by atoms with Gasteiger partial charge >= 0.3 is 12.3 Å². The lowest BCUT2D eigenvalue weighted by Crippen LogP contribution is -2.49. The van der Waals surface area contributed by atoms with Crippen LogP contribution in [0.15, 0.2) is 0 Å². The summed E-state index contributed by atoms with van der Waals surface area (Å²) >= 11 is 0. The van der Waals surface area contributed by atoms with Gasteiger partial charge in [0.2, 0.25) is 0 Å². The van der Waals surface area contributed by atoms with E-state index in [1.165, 1.54) is 0 Å². The zero-order valence-corrected chi connectivity index (χ0v) is 18.8. The summed E-state index contributed by atoms with van der Waals surface area (Å²) in [4.78, 5) is 23.8. The van der Waals surface area contributed by atoms with Gasteiger partial charge in [-0.25, -0.2) is 9.59 Å². The Balaban J connectivity index is 0.886. The van der Waals surface area contributed by atoms with Gasteiger partial charge in [0.05, 0.1) is 44.2 Å². The fraction of sp³-hybridized carbons (Fsp3) is 0.917. The van der Waals surface area contributed by atoms with Crippen molar-refractivity contribution in [1.29, 1.82) is 0 Å². The largest absolute Gasteiger partial charge is 0.508 e. The van der Waals surface area contributed by atoms with Crippen molar-refractivity contribution in [1.82, 2.24) is 0 Å². The van der Waals surface area contributed by atoms with Gasteiger partial charge < -0.3 is 28.4 Å². The molecule has 8 heteroatoms. The zero-order chi connectivity index (χ0) is 21.9. The summed E-state index contributed by atoms with van der Waals surface area (Å²) in [7, 11) is 0. The summed E-state index contributed by atoms with van der Waals surface area (Å²) in [5.41, 5.74) is 0. The molecule has 0 aromatic carbocycles. The standard InChI is InChI=1S/C24H36O8/c25-23(29-13-17-5-8-20-22(9-17)32-20)27-11-15-1-3-16(4-2-15)12-28-24(26)30-14-18-6-7-19-10-21(18)31-19/h15-22H,1-14H2. The third kappa shape index (κ3) is 5.87. The highest BCUT2D eigenvalue weighted by Crippen LogP contribution is 2.40. The van der Waals surface area contributed by atoms with Crippen LogP contribution >= 0.6 is 0 Å². The van der Waals surface area contributed by atoms with Crippen LogP contribution in [0.5, 0.6) is 0 Å². The minimum Gasteiger partial charge on any atom is -0.434 e. The first kappa shape index (κ1) is 22.3. The Kier molecular flexibility index (Phi) is 7.07. The predicted octanol–water partition coefficient (Wildman–Crippen LogP) is 4.23. The highest BCUT2D eigenvalue weighted by Gasteiger charge is 2.44. The number of hydrogen-bond acceptors (Lipinski definition) is 8. The summed E-state index contributed by atoms with van der Waals surface area (Å²) in [6.45, 7) is 1.62. The Bertz CT molecular complexity index is 652. The van der Waals surface area contributed by atoms with Gasteiger partial charge in [0.15, 0.2) is 0 Å². The van der Waals surface area contributed by atoms with Crippen molar-refractivity contribution in [2.24, 2.45) is 23.7 Å². The van der Waals surface area contributed by atoms with E-state index in [1.807, 2.05) is 0 Å². The Morgan fingerprint density at radius 2 is 1.12 bits per heavy atom. The number of rotatable bonds is 8. The molecule has 6 atom stereocenters. The Hall–Kier alpha value is -1.54. The van der Waals surface area contributed by atoms with Crippen LogP contribution < -0.4 is 0 Å². The first-order valence-corrected chi connectivity index (χ1v) is 12.5. The van der Waals surface area contributed by atoms with Gasteiger partial charge in [-0.15, -0.1) is 0 Å². The maximum absolute atomic E-state index is 11.9. The number of carbonyl (C=O) groups is 2. The number of epoxide rings is 1. The van der Waals surface area contributed by atoms with Gasteiger partial charge in [-0.3, -0.25) is 0 Å². The lowest BCUT2D eigenvalue weighted by molar-refractivity contribution is -0.192. The molecule has 8 nitrogen and oxygen atoms in total. The average molecular weight is 453 g/mol. The molecule has 32 heavy (non-hydrogen) atoms. The summed E-state index contributed by atoms with van der Waals surface area (Å²) in [6.07, 6.45) is 10.7. The second-order valence-corrected chi connectivity index (χ2v) is 10.4. The smallest absolute Gasteiger partial charge is 0.434 e. The normalized spacial score (nSPS) is 39.8. The van der Waals surface area contributed by atoms with Gasteiger partial charge in [0.25, 0.3) is 0 Å². The Labute approximate surface area is 189 Å². The second-order valence-electron chi connectivity index (χ2n) is 10.4. The monoisotopic (exact) mass is 452 g/mol. The minimum absolute atomic E-state index is 0.267. The molecule has 0 spiro atoms. The molecule has 0 amide bonds. The molecule has 3 aliphatic carbocycles. The van der Waals surface area contributed by atoms with E-state index in [9.17, 15) is 9.59 Å². The molecular weight excluding hydrogens is 416 g/mol. The average Bonchev–Trinajstić information content (AvgIpc) is 3.58. The topological polar surface area (TPSA) is 92.8 Å². The van der Waals surface area contributed by atoms with E-state index in [0.29, 0.717) is 68.4 Å². The number of hydrogen-bond donors (Lipinski definition) is 0. The molecule has 2 bridgehead atoms. The van der Waals surface area contributed by atoms with Gasteiger partial charge in [0.1, 0.15) is 6.61 Å². The molecule has 3 heterocycles. The summed E-state index contributed by atoms with van der Waals surface area (Å²) in [6, 6.07) is 0. The molecule has 0 N–H and O–H groups in total. The van der Waals surface area contributed by atoms with Gasteiger partial charge in [-0.2, -0.15) is 0 Å². The molecule has 6 rings (SSSR count). The van der Waals surface area contributed by atoms with E-state index in [-0.39, 0.29) is 6.10 Å². The van der Waals surface area contributed by atoms with E-state index in [1.54, 1.807) is 0 Å². The lowest BCUT2D eigenvalue weighted by Gasteiger charge is -2.46. The quantitative estimate of drug-likeness (QED) is 0.399. The molecule has 180 valence electrons. The minimum atomic E-state index is -0.568. The maximum atomic E-state index is 11.9. The van der Waals surface area contributed by atoms with Crippen LogP contribution in [0, 0.1) is 23.7 Å². The van der Waals surface area contributed by atoms with Crippen LogP contribution in [0.1, 0.15) is 64.2 Å². The van der Waals surface area contributed by atoms with Crippen molar-refractivity contribution in [3.63, 3.8) is 0 Å². The predicted molar refractivity (Wildman–Crippen MR) is 112 cm³/mol. The van der Waals surface area contributed by atoms with Crippen molar-refractivity contribution in [2.75, 3.05) is 26.4 Å². The number of carbonyl (C=O) groups excluding carboxylic acids is 2. The summed E-state index contributed by atoms with van der Waals surface area (Å²) < 4.78 is 32.5. The van der Waals surface area contributed by atoms with E-state index in [2.05, 4.69) is 0 Å². The van der Waals surface area contributed by atoms with Gasteiger partial charge in [0, 0.05) is 12.3 Å². The molecule has 3 aliphatic heterocycles. The van der Waals surface area contributed by atoms with Crippen molar-refractivity contribution >= 4 is 12.3 Å². The van der Waals surface area contributed by atoms with Crippen LogP contribution in [0.2, 0.25) is 0 Å². The first-order chi connectivity index (χ1) is 15.6. The molecular formula is C24H36O8. The molecule has 6 unspecified atom stereocenters. The maximum Gasteiger partial charge on any atom is 0.508 e. The van der Waals surface area contributed by atoms with Crippen molar-refractivity contribution < 1.29 is 38.0 Å². The van der Waals surface area contributed by atoms with Crippen LogP contribution in [-0.4, -0.2) is 63.2 Å². The zero-order valence-electron chi connectivity index (χ0n) is 18.8. The molecule has 0 aromatic heterocycles. The van der Waals surface area contributed by atoms with E-state index in [0.717, 1.165) is 64.2 Å². The van der Waals surface area contributed by atoms with Gasteiger partial charge in [-0.05, 0) is 75.5 Å². The molecule has 6 aliphatic rings. The highest BCUT2D eigenvalue weighted by atomic mass is 16.7. The fourth-order valence-corrected chi connectivity index (χ4v) is 5.78. The second kappa shape index (κ2) is 10.2. The van der Waals surface area contributed by atoms with Crippen molar-refractivity contribution in [3.05, 3.63) is 0 Å². The molecule has 3 saturated heterocycles. The van der Waals surface area contributed by atoms with E-state index >= 15 is 0 Å². The van der Waals surface area contributed by atoms with Crippen LogP contribution in [0.4, 0.5) is 9.59 Å². The number of fused-ring (bicyclic) bond motifs is 3.